The van der Waals surface area contributed by atoms with Gasteiger partial charge < -0.3 is 14.3 Å². The molecule has 0 saturated carbocycles. The first-order chi connectivity index (χ1) is 11.6. The first-order valence-corrected chi connectivity index (χ1v) is 7.96. The fourth-order valence-electron chi connectivity index (χ4n) is 2.36. The van der Waals surface area contributed by atoms with Crippen molar-refractivity contribution in [3.8, 4) is 16.2 Å². The molecule has 0 radical (unpaired) electrons. The maximum atomic E-state index is 12.5. The fraction of sp³-hybridized carbons (Fsp3) is 0.111. The highest BCUT2D eigenvalue weighted by Gasteiger charge is 2.19. The van der Waals surface area contributed by atoms with E-state index in [-0.39, 0.29) is 12.2 Å². The smallest absolute Gasteiger partial charge is 0.307 e. The molecule has 24 heavy (non-hydrogen) atoms. The van der Waals surface area contributed by atoms with Gasteiger partial charge in [0.1, 0.15) is 12.0 Å². The van der Waals surface area contributed by atoms with E-state index in [0.29, 0.717) is 21.8 Å². The lowest BCUT2D eigenvalue weighted by Gasteiger charge is -2.03. The fourth-order valence-corrected chi connectivity index (χ4v) is 3.51. The van der Waals surface area contributed by atoms with Crippen LogP contribution in [-0.2, 0) is 11.2 Å². The molecule has 122 valence electrons. The number of furan rings is 1. The molecule has 0 aliphatic heterocycles. The van der Waals surface area contributed by atoms with E-state index in [0.717, 1.165) is 10.4 Å². The maximum absolute atomic E-state index is 12.5. The zero-order valence-electron chi connectivity index (χ0n) is 12.8. The third-order valence-electron chi connectivity index (χ3n) is 3.51. The molecule has 2 heterocycles. The second-order valence-electron chi connectivity index (χ2n) is 5.11. The van der Waals surface area contributed by atoms with Crippen LogP contribution >= 0.6 is 11.3 Å². The third kappa shape index (κ3) is 3.23. The third-order valence-corrected chi connectivity index (χ3v) is 4.74. The molecular formula is C18H14O5S. The van der Waals surface area contributed by atoms with Crippen LogP contribution in [0, 0.1) is 0 Å². The normalized spacial score (nSPS) is 10.5. The minimum Gasteiger partial charge on any atom is -0.497 e. The minimum absolute atomic E-state index is 0.142. The van der Waals surface area contributed by atoms with Gasteiger partial charge >= 0.3 is 5.97 Å². The van der Waals surface area contributed by atoms with Crippen LogP contribution in [0.3, 0.4) is 0 Å². The van der Waals surface area contributed by atoms with Gasteiger partial charge in [0.25, 0.3) is 0 Å². The summed E-state index contributed by atoms with van der Waals surface area (Å²) in [7, 11) is 1.58. The van der Waals surface area contributed by atoms with Crippen LogP contribution in [0.4, 0.5) is 0 Å². The summed E-state index contributed by atoms with van der Waals surface area (Å²) in [6.45, 7) is 0. The average Bonchev–Trinajstić information content (AvgIpc) is 3.24. The van der Waals surface area contributed by atoms with Crippen molar-refractivity contribution >= 4 is 23.1 Å². The monoisotopic (exact) mass is 342 g/mol. The molecule has 0 aliphatic rings. The Balaban J connectivity index is 2.02. The Morgan fingerprint density at radius 2 is 1.96 bits per heavy atom. The minimum atomic E-state index is -0.940. The Morgan fingerprint density at radius 3 is 2.54 bits per heavy atom. The van der Waals surface area contributed by atoms with Gasteiger partial charge in [-0.1, -0.05) is 0 Å². The van der Waals surface area contributed by atoms with E-state index in [1.807, 2.05) is 12.1 Å². The molecule has 3 aromatic rings. The topological polar surface area (TPSA) is 76.7 Å². The van der Waals surface area contributed by atoms with Crippen molar-refractivity contribution in [3.63, 3.8) is 0 Å². The van der Waals surface area contributed by atoms with Gasteiger partial charge in [0, 0.05) is 4.88 Å². The number of hydrogen-bond acceptors (Lipinski definition) is 5. The van der Waals surface area contributed by atoms with Gasteiger partial charge in [0.15, 0.2) is 0 Å². The number of carboxylic acid groups (broad SMARTS) is 1. The first kappa shape index (κ1) is 16.0. The highest BCUT2D eigenvalue weighted by atomic mass is 32.1. The average molecular weight is 342 g/mol. The van der Waals surface area contributed by atoms with Gasteiger partial charge in [-0.05, 0) is 47.5 Å². The molecule has 0 amide bonds. The van der Waals surface area contributed by atoms with Crippen LogP contribution in [0.15, 0.2) is 53.3 Å². The SMILES string of the molecule is COc1ccc(-c2sc(C(=O)c3ccoc3)cc2CC(=O)O)cc1. The molecule has 0 bridgehead atoms. The van der Waals surface area contributed by atoms with E-state index in [1.165, 1.54) is 23.9 Å². The standard InChI is InChI=1S/C18H14O5S/c1-22-14-4-2-11(3-5-14)18-13(9-16(19)20)8-15(24-18)17(21)12-6-7-23-10-12/h2-8,10H,9H2,1H3,(H,19,20). The van der Waals surface area contributed by atoms with Crippen molar-refractivity contribution in [2.24, 2.45) is 0 Å². The lowest BCUT2D eigenvalue weighted by molar-refractivity contribution is -0.136. The van der Waals surface area contributed by atoms with E-state index in [1.54, 1.807) is 31.4 Å². The predicted molar refractivity (Wildman–Crippen MR) is 89.8 cm³/mol. The molecule has 0 unspecified atom stereocenters. The van der Waals surface area contributed by atoms with E-state index in [2.05, 4.69) is 0 Å². The van der Waals surface area contributed by atoms with Gasteiger partial charge in [-0.15, -0.1) is 11.3 Å². The zero-order chi connectivity index (χ0) is 17.1. The summed E-state index contributed by atoms with van der Waals surface area (Å²) < 4.78 is 10.1. The van der Waals surface area contributed by atoms with Crippen LogP contribution < -0.4 is 4.74 Å². The molecule has 0 fully saturated rings. The Hall–Kier alpha value is -2.86. The van der Waals surface area contributed by atoms with E-state index in [4.69, 9.17) is 14.3 Å². The highest BCUT2D eigenvalue weighted by molar-refractivity contribution is 7.17. The Bertz CT molecular complexity index is 859. The quantitative estimate of drug-likeness (QED) is 0.688. The molecule has 2 aromatic heterocycles. The first-order valence-electron chi connectivity index (χ1n) is 7.14. The van der Waals surface area contributed by atoms with E-state index < -0.39 is 5.97 Å². The Kier molecular flexibility index (Phi) is 4.48. The van der Waals surface area contributed by atoms with Gasteiger partial charge in [-0.2, -0.15) is 0 Å². The van der Waals surface area contributed by atoms with Crippen LogP contribution in [0.25, 0.3) is 10.4 Å². The van der Waals surface area contributed by atoms with Crippen molar-refractivity contribution < 1.29 is 23.8 Å². The van der Waals surface area contributed by atoms with Crippen molar-refractivity contribution in [2.75, 3.05) is 7.11 Å². The number of ether oxygens (including phenoxy) is 1. The molecule has 5 nitrogen and oxygen atoms in total. The number of thiophene rings is 1. The number of carboxylic acids is 1. The second kappa shape index (κ2) is 6.72. The lowest BCUT2D eigenvalue weighted by atomic mass is 10.1. The van der Waals surface area contributed by atoms with Crippen LogP contribution in [-0.4, -0.2) is 24.0 Å². The number of hydrogen-bond donors (Lipinski definition) is 1. The Labute approximate surface area is 142 Å². The predicted octanol–water partition coefficient (Wildman–Crippen LogP) is 3.87. The number of carbonyl (C=O) groups excluding carboxylic acids is 1. The lowest BCUT2D eigenvalue weighted by Crippen LogP contribution is -2.00. The number of carbonyl (C=O) groups is 2. The van der Waals surface area contributed by atoms with Gasteiger partial charge in [-0.3, -0.25) is 9.59 Å². The number of methoxy groups -OCH3 is 1. The summed E-state index contributed by atoms with van der Waals surface area (Å²) in [4.78, 5) is 24.9. The summed E-state index contributed by atoms with van der Waals surface area (Å²) in [6.07, 6.45) is 2.67. The molecule has 0 atom stereocenters. The van der Waals surface area contributed by atoms with Crippen molar-refractivity contribution in [2.45, 2.75) is 6.42 Å². The molecular weight excluding hydrogens is 328 g/mol. The molecule has 0 spiro atoms. The zero-order valence-corrected chi connectivity index (χ0v) is 13.6. The highest BCUT2D eigenvalue weighted by Crippen LogP contribution is 2.35. The Morgan fingerprint density at radius 1 is 1.21 bits per heavy atom. The second-order valence-corrected chi connectivity index (χ2v) is 6.16. The molecule has 6 heteroatoms. The van der Waals surface area contributed by atoms with Gasteiger partial charge in [0.05, 0.1) is 30.2 Å². The van der Waals surface area contributed by atoms with Gasteiger partial charge in [0.2, 0.25) is 5.78 Å². The number of aliphatic carboxylic acids is 1. The number of rotatable bonds is 6. The van der Waals surface area contributed by atoms with Crippen molar-refractivity contribution in [1.29, 1.82) is 0 Å². The van der Waals surface area contributed by atoms with Crippen molar-refractivity contribution in [1.82, 2.24) is 0 Å². The maximum Gasteiger partial charge on any atom is 0.307 e. The van der Waals surface area contributed by atoms with E-state index >= 15 is 0 Å². The van der Waals surface area contributed by atoms with Crippen LogP contribution in [0.2, 0.25) is 0 Å². The molecule has 0 aliphatic carbocycles. The number of benzene rings is 1. The molecule has 1 N–H and O–H groups in total. The summed E-state index contributed by atoms with van der Waals surface area (Å²) in [5.74, 6) is -0.408. The summed E-state index contributed by atoms with van der Waals surface area (Å²) in [6, 6.07) is 10.5. The summed E-state index contributed by atoms with van der Waals surface area (Å²) in [5.41, 5.74) is 1.91. The molecule has 1 aromatic carbocycles. The number of ketones is 1. The summed E-state index contributed by atoms with van der Waals surface area (Å²) >= 11 is 1.28. The van der Waals surface area contributed by atoms with Crippen LogP contribution in [0.1, 0.15) is 20.8 Å². The van der Waals surface area contributed by atoms with E-state index in [9.17, 15) is 9.59 Å². The van der Waals surface area contributed by atoms with Crippen molar-refractivity contribution in [3.05, 3.63) is 64.9 Å². The largest absolute Gasteiger partial charge is 0.497 e. The molecule has 3 rings (SSSR count). The van der Waals surface area contributed by atoms with Crippen LogP contribution in [0.5, 0.6) is 5.75 Å². The molecule has 0 saturated heterocycles. The summed E-state index contributed by atoms with van der Waals surface area (Å²) in [5, 5.41) is 9.14. The van der Waals surface area contributed by atoms with Gasteiger partial charge in [-0.25, -0.2) is 0 Å².